The summed E-state index contributed by atoms with van der Waals surface area (Å²) in [6, 6.07) is 9.67. The smallest absolute Gasteiger partial charge is 0.0409 e. The van der Waals surface area contributed by atoms with Gasteiger partial charge in [0, 0.05) is 23.1 Å². The van der Waals surface area contributed by atoms with Crippen LogP contribution in [-0.2, 0) is 0 Å². The van der Waals surface area contributed by atoms with Gasteiger partial charge < -0.3 is 10.6 Å². The molecule has 0 amide bonds. The van der Waals surface area contributed by atoms with Gasteiger partial charge >= 0.3 is 0 Å². The molecule has 0 saturated carbocycles. The molecule has 2 N–H and O–H groups in total. The van der Waals surface area contributed by atoms with Crippen molar-refractivity contribution in [1.29, 1.82) is 0 Å². The zero-order chi connectivity index (χ0) is 13.0. The maximum absolute atomic E-state index is 6.03. The van der Waals surface area contributed by atoms with Crippen LogP contribution in [0.15, 0.2) is 24.3 Å². The minimum absolute atomic E-state index is 0.347. The zero-order valence-electron chi connectivity index (χ0n) is 11.2. The second-order valence-corrected chi connectivity index (χ2v) is 5.81. The third-order valence-corrected chi connectivity index (χ3v) is 3.92. The van der Waals surface area contributed by atoms with Gasteiger partial charge in [-0.05, 0) is 57.4 Å². The lowest BCUT2D eigenvalue weighted by molar-refractivity contribution is 0.407. The molecule has 0 aliphatic carbocycles. The van der Waals surface area contributed by atoms with E-state index in [1.165, 1.54) is 31.4 Å². The van der Waals surface area contributed by atoms with E-state index in [1.807, 2.05) is 18.2 Å². The molecular formula is C15H23ClN2. The molecule has 100 valence electrons. The summed E-state index contributed by atoms with van der Waals surface area (Å²) < 4.78 is 0. The van der Waals surface area contributed by atoms with Gasteiger partial charge in [0.15, 0.2) is 0 Å². The van der Waals surface area contributed by atoms with Crippen LogP contribution in [0.1, 0.15) is 44.7 Å². The Bertz CT molecular complexity index is 375. The molecule has 1 aromatic rings. The Kier molecular flexibility index (Phi) is 5.04. The lowest BCUT2D eigenvalue weighted by Gasteiger charge is -2.23. The lowest BCUT2D eigenvalue weighted by Crippen LogP contribution is -2.35. The summed E-state index contributed by atoms with van der Waals surface area (Å²) in [7, 11) is 0. The van der Waals surface area contributed by atoms with Crippen LogP contribution in [0.4, 0.5) is 0 Å². The number of nitrogens with one attached hydrogen (secondary N) is 2. The second kappa shape index (κ2) is 6.55. The highest BCUT2D eigenvalue weighted by Crippen LogP contribution is 2.19. The summed E-state index contributed by atoms with van der Waals surface area (Å²) in [6.45, 7) is 5.65. The van der Waals surface area contributed by atoms with E-state index in [2.05, 4.69) is 30.5 Å². The standard InChI is InChI=1S/C15H23ClN2/c1-11(9-15-7-4-8-17-15)18-12(2)13-5-3-6-14(16)10-13/h3,5-6,10-12,15,17-18H,4,7-9H2,1-2H3/t11?,12-,15?/m0/s1. The fraction of sp³-hybridized carbons (Fsp3) is 0.600. The van der Waals surface area contributed by atoms with Crippen molar-refractivity contribution in [3.8, 4) is 0 Å². The third kappa shape index (κ3) is 3.98. The first-order valence-corrected chi connectivity index (χ1v) is 7.28. The van der Waals surface area contributed by atoms with Gasteiger partial charge in [0.25, 0.3) is 0 Å². The van der Waals surface area contributed by atoms with E-state index < -0.39 is 0 Å². The largest absolute Gasteiger partial charge is 0.314 e. The molecule has 1 fully saturated rings. The monoisotopic (exact) mass is 266 g/mol. The topological polar surface area (TPSA) is 24.1 Å². The Morgan fingerprint density at radius 2 is 2.28 bits per heavy atom. The van der Waals surface area contributed by atoms with Crippen molar-refractivity contribution in [2.24, 2.45) is 0 Å². The van der Waals surface area contributed by atoms with E-state index in [-0.39, 0.29) is 0 Å². The predicted octanol–water partition coefficient (Wildman–Crippen LogP) is 3.52. The SMILES string of the molecule is CC(CC1CCCN1)N[C@@H](C)c1cccc(Cl)c1. The Morgan fingerprint density at radius 1 is 1.44 bits per heavy atom. The Balaban J connectivity index is 1.84. The van der Waals surface area contributed by atoms with Crippen molar-refractivity contribution < 1.29 is 0 Å². The number of halogens is 1. The van der Waals surface area contributed by atoms with Gasteiger partial charge in [0.1, 0.15) is 0 Å². The molecule has 0 aromatic heterocycles. The summed E-state index contributed by atoms with van der Waals surface area (Å²) in [5.41, 5.74) is 1.26. The van der Waals surface area contributed by atoms with Crippen molar-refractivity contribution in [1.82, 2.24) is 10.6 Å². The molecule has 1 aliphatic rings. The predicted molar refractivity (Wildman–Crippen MR) is 78.1 cm³/mol. The highest BCUT2D eigenvalue weighted by Gasteiger charge is 2.18. The maximum atomic E-state index is 6.03. The molecule has 1 heterocycles. The van der Waals surface area contributed by atoms with Crippen LogP contribution in [0.3, 0.4) is 0 Å². The van der Waals surface area contributed by atoms with Crippen LogP contribution in [0.25, 0.3) is 0 Å². The average Bonchev–Trinajstić information content (AvgIpc) is 2.81. The minimum Gasteiger partial charge on any atom is -0.314 e. The maximum Gasteiger partial charge on any atom is 0.0409 e. The Labute approximate surface area is 115 Å². The highest BCUT2D eigenvalue weighted by molar-refractivity contribution is 6.30. The molecule has 3 atom stereocenters. The minimum atomic E-state index is 0.347. The fourth-order valence-corrected chi connectivity index (χ4v) is 2.95. The summed E-state index contributed by atoms with van der Waals surface area (Å²) in [5, 5.41) is 8.01. The summed E-state index contributed by atoms with van der Waals surface area (Å²) >= 11 is 6.03. The van der Waals surface area contributed by atoms with Crippen LogP contribution in [0, 0.1) is 0 Å². The van der Waals surface area contributed by atoms with Gasteiger partial charge in [0.05, 0.1) is 0 Å². The number of hydrogen-bond acceptors (Lipinski definition) is 2. The molecule has 0 spiro atoms. The van der Waals surface area contributed by atoms with Gasteiger partial charge in [0.2, 0.25) is 0 Å². The van der Waals surface area contributed by atoms with E-state index in [0.717, 1.165) is 5.02 Å². The first-order valence-electron chi connectivity index (χ1n) is 6.90. The molecule has 2 unspecified atom stereocenters. The molecule has 1 aromatic carbocycles. The van der Waals surface area contributed by atoms with Crippen molar-refractivity contribution in [3.63, 3.8) is 0 Å². The van der Waals surface area contributed by atoms with Gasteiger partial charge in [-0.1, -0.05) is 23.7 Å². The van der Waals surface area contributed by atoms with Crippen LogP contribution in [0.2, 0.25) is 5.02 Å². The second-order valence-electron chi connectivity index (χ2n) is 5.37. The van der Waals surface area contributed by atoms with E-state index >= 15 is 0 Å². The van der Waals surface area contributed by atoms with Gasteiger partial charge in [-0.2, -0.15) is 0 Å². The van der Waals surface area contributed by atoms with Crippen molar-refractivity contribution >= 4 is 11.6 Å². The van der Waals surface area contributed by atoms with Gasteiger partial charge in [-0.25, -0.2) is 0 Å². The zero-order valence-corrected chi connectivity index (χ0v) is 12.0. The quantitative estimate of drug-likeness (QED) is 0.852. The Morgan fingerprint density at radius 3 is 2.94 bits per heavy atom. The fourth-order valence-electron chi connectivity index (χ4n) is 2.75. The lowest BCUT2D eigenvalue weighted by atomic mass is 10.0. The highest BCUT2D eigenvalue weighted by atomic mass is 35.5. The van der Waals surface area contributed by atoms with Crippen molar-refractivity contribution in [2.45, 2.75) is 51.2 Å². The van der Waals surface area contributed by atoms with Crippen molar-refractivity contribution in [3.05, 3.63) is 34.9 Å². The Hall–Kier alpha value is -0.570. The van der Waals surface area contributed by atoms with E-state index in [9.17, 15) is 0 Å². The first-order chi connectivity index (χ1) is 8.65. The number of benzene rings is 1. The van der Waals surface area contributed by atoms with Crippen molar-refractivity contribution in [2.75, 3.05) is 6.54 Å². The van der Waals surface area contributed by atoms with E-state index in [4.69, 9.17) is 11.6 Å². The average molecular weight is 267 g/mol. The molecule has 0 bridgehead atoms. The normalized spacial score (nSPS) is 22.9. The van der Waals surface area contributed by atoms with Gasteiger partial charge in [-0.3, -0.25) is 0 Å². The molecule has 3 heteroatoms. The molecular weight excluding hydrogens is 244 g/mol. The molecule has 2 rings (SSSR count). The van der Waals surface area contributed by atoms with Crippen LogP contribution >= 0.6 is 11.6 Å². The summed E-state index contributed by atoms with van der Waals surface area (Å²) in [6.07, 6.45) is 3.84. The van der Waals surface area contributed by atoms with E-state index in [1.54, 1.807) is 0 Å². The number of rotatable bonds is 5. The molecule has 18 heavy (non-hydrogen) atoms. The summed E-state index contributed by atoms with van der Waals surface area (Å²) in [5.74, 6) is 0. The van der Waals surface area contributed by atoms with Crippen LogP contribution in [-0.4, -0.2) is 18.6 Å². The molecule has 1 aliphatic heterocycles. The number of hydrogen-bond donors (Lipinski definition) is 2. The molecule has 1 saturated heterocycles. The van der Waals surface area contributed by atoms with Crippen LogP contribution < -0.4 is 10.6 Å². The van der Waals surface area contributed by atoms with E-state index in [0.29, 0.717) is 18.1 Å². The first kappa shape index (κ1) is 13.9. The molecule has 0 radical (unpaired) electrons. The molecule has 2 nitrogen and oxygen atoms in total. The van der Waals surface area contributed by atoms with Crippen LogP contribution in [0.5, 0.6) is 0 Å². The van der Waals surface area contributed by atoms with Gasteiger partial charge in [-0.15, -0.1) is 0 Å². The third-order valence-electron chi connectivity index (χ3n) is 3.68. The summed E-state index contributed by atoms with van der Waals surface area (Å²) in [4.78, 5) is 0.